The van der Waals surface area contributed by atoms with E-state index in [0.717, 1.165) is 12.0 Å². The number of esters is 1. The second kappa shape index (κ2) is 7.17. The zero-order valence-corrected chi connectivity index (χ0v) is 10.5. The van der Waals surface area contributed by atoms with Gasteiger partial charge < -0.3 is 14.4 Å². The highest BCUT2D eigenvalue weighted by molar-refractivity contribution is 6.18. The summed E-state index contributed by atoms with van der Waals surface area (Å²) in [5.74, 6) is -0.0387. The lowest BCUT2D eigenvalue weighted by Crippen LogP contribution is -2.37. The van der Waals surface area contributed by atoms with E-state index in [0.29, 0.717) is 13.1 Å². The second-order valence-corrected chi connectivity index (χ2v) is 4.03. The molecule has 0 saturated carbocycles. The van der Waals surface area contributed by atoms with Crippen molar-refractivity contribution in [1.82, 2.24) is 4.90 Å². The maximum Gasteiger partial charge on any atom is 0.410 e. The van der Waals surface area contributed by atoms with Crippen molar-refractivity contribution in [3.63, 3.8) is 0 Å². The van der Waals surface area contributed by atoms with Crippen molar-refractivity contribution in [3.05, 3.63) is 11.6 Å². The molecule has 1 rings (SSSR count). The summed E-state index contributed by atoms with van der Waals surface area (Å²) < 4.78 is 9.81. The summed E-state index contributed by atoms with van der Waals surface area (Å²) in [6, 6.07) is 0. The minimum absolute atomic E-state index is 0.208. The quantitative estimate of drug-likeness (QED) is 0.438. The number of carbonyl (C=O) groups is 2. The molecular weight excluding hydrogens is 246 g/mol. The predicted molar refractivity (Wildman–Crippen MR) is 63.0 cm³/mol. The average molecular weight is 262 g/mol. The summed E-state index contributed by atoms with van der Waals surface area (Å²) >= 11 is 5.43. The van der Waals surface area contributed by atoms with E-state index in [1.165, 1.54) is 6.92 Å². The summed E-state index contributed by atoms with van der Waals surface area (Å²) in [6.07, 6.45) is 2.35. The highest BCUT2D eigenvalue weighted by Crippen LogP contribution is 2.11. The van der Waals surface area contributed by atoms with E-state index in [-0.39, 0.29) is 31.2 Å². The maximum atomic E-state index is 11.6. The van der Waals surface area contributed by atoms with E-state index < -0.39 is 0 Å². The largest absolute Gasteiger partial charge is 0.461 e. The molecule has 1 heterocycles. The van der Waals surface area contributed by atoms with Crippen LogP contribution in [0.15, 0.2) is 11.6 Å². The molecule has 0 spiro atoms. The Labute approximate surface area is 105 Å². The number of ether oxygens (including phenoxy) is 2. The predicted octanol–water partition coefficient (Wildman–Crippen LogP) is 1.56. The van der Waals surface area contributed by atoms with Crippen LogP contribution >= 0.6 is 11.6 Å². The third kappa shape index (κ3) is 5.08. The third-order valence-electron chi connectivity index (χ3n) is 2.25. The molecule has 6 heteroatoms. The Hall–Kier alpha value is -1.23. The minimum Gasteiger partial charge on any atom is -0.461 e. The summed E-state index contributed by atoms with van der Waals surface area (Å²) in [5.41, 5.74) is 0.911. The molecule has 1 aliphatic rings. The number of hydrogen-bond acceptors (Lipinski definition) is 4. The highest BCUT2D eigenvalue weighted by atomic mass is 35.5. The van der Waals surface area contributed by atoms with Gasteiger partial charge in [0, 0.05) is 20.0 Å². The topological polar surface area (TPSA) is 55.8 Å². The van der Waals surface area contributed by atoms with E-state index in [9.17, 15) is 9.59 Å². The molecule has 0 N–H and O–H groups in total. The summed E-state index contributed by atoms with van der Waals surface area (Å²) in [4.78, 5) is 23.8. The van der Waals surface area contributed by atoms with Crippen molar-refractivity contribution in [3.8, 4) is 0 Å². The van der Waals surface area contributed by atoms with Crippen LogP contribution in [0.5, 0.6) is 0 Å². The Morgan fingerprint density at radius 3 is 2.88 bits per heavy atom. The highest BCUT2D eigenvalue weighted by Gasteiger charge is 2.19. The van der Waals surface area contributed by atoms with Crippen molar-refractivity contribution in [2.24, 2.45) is 0 Å². The molecular formula is C11H16ClNO4. The number of rotatable bonds is 4. The fourth-order valence-electron chi connectivity index (χ4n) is 1.49. The molecule has 0 bridgehead atoms. The SMILES string of the molecule is CC(=O)OCC1=CCCN(C(=O)OCCCl)C1. The van der Waals surface area contributed by atoms with Gasteiger partial charge in [0.1, 0.15) is 13.2 Å². The minimum atomic E-state index is -0.376. The van der Waals surface area contributed by atoms with Gasteiger partial charge in [-0.2, -0.15) is 0 Å². The standard InChI is InChI=1S/C11H16ClNO4/c1-9(14)17-8-10-3-2-5-13(7-10)11(15)16-6-4-12/h3H,2,4-8H2,1H3. The van der Waals surface area contributed by atoms with Crippen LogP contribution in [0, 0.1) is 0 Å². The Morgan fingerprint density at radius 1 is 1.47 bits per heavy atom. The van der Waals surface area contributed by atoms with Crippen LogP contribution in [0.25, 0.3) is 0 Å². The first-order valence-electron chi connectivity index (χ1n) is 5.42. The van der Waals surface area contributed by atoms with Crippen molar-refractivity contribution < 1.29 is 19.1 Å². The van der Waals surface area contributed by atoms with Crippen LogP contribution in [-0.2, 0) is 14.3 Å². The Kier molecular flexibility index (Phi) is 5.83. The molecule has 17 heavy (non-hydrogen) atoms. The van der Waals surface area contributed by atoms with Gasteiger partial charge in [0.15, 0.2) is 0 Å². The maximum absolute atomic E-state index is 11.6. The number of halogens is 1. The summed E-state index contributed by atoms with van der Waals surface area (Å²) in [5, 5.41) is 0. The first kappa shape index (κ1) is 13.8. The molecule has 0 unspecified atom stereocenters. The van der Waals surface area contributed by atoms with Gasteiger partial charge in [-0.1, -0.05) is 6.08 Å². The molecule has 0 aliphatic carbocycles. The normalized spacial score (nSPS) is 15.2. The third-order valence-corrected chi connectivity index (χ3v) is 2.40. The molecule has 0 saturated heterocycles. The van der Waals surface area contributed by atoms with E-state index >= 15 is 0 Å². The van der Waals surface area contributed by atoms with Crippen LogP contribution in [-0.4, -0.2) is 49.1 Å². The fourth-order valence-corrected chi connectivity index (χ4v) is 1.56. The van der Waals surface area contributed by atoms with Gasteiger partial charge in [-0.25, -0.2) is 4.79 Å². The molecule has 0 fully saturated rings. The molecule has 1 aliphatic heterocycles. The van der Waals surface area contributed by atoms with E-state index in [2.05, 4.69) is 0 Å². The Bertz CT molecular complexity index is 317. The van der Waals surface area contributed by atoms with Crippen molar-refractivity contribution in [1.29, 1.82) is 0 Å². The molecule has 1 amide bonds. The van der Waals surface area contributed by atoms with Crippen molar-refractivity contribution >= 4 is 23.7 Å². The monoisotopic (exact) mass is 261 g/mol. The van der Waals surface area contributed by atoms with E-state index in [4.69, 9.17) is 21.1 Å². The van der Waals surface area contributed by atoms with Crippen LogP contribution in [0.4, 0.5) is 4.79 Å². The zero-order chi connectivity index (χ0) is 12.7. The lowest BCUT2D eigenvalue weighted by Gasteiger charge is -2.26. The molecule has 0 aromatic carbocycles. The molecule has 5 nitrogen and oxygen atoms in total. The summed E-state index contributed by atoms with van der Waals surface area (Å²) in [7, 11) is 0. The van der Waals surface area contributed by atoms with Crippen molar-refractivity contribution in [2.45, 2.75) is 13.3 Å². The summed E-state index contributed by atoms with van der Waals surface area (Å²) in [6.45, 7) is 2.85. The average Bonchev–Trinajstić information content (AvgIpc) is 2.33. The zero-order valence-electron chi connectivity index (χ0n) is 9.78. The number of nitrogens with zero attached hydrogens (tertiary/aromatic N) is 1. The van der Waals surface area contributed by atoms with Gasteiger partial charge >= 0.3 is 12.1 Å². The molecule has 0 atom stereocenters. The van der Waals surface area contributed by atoms with Crippen LogP contribution in [0.2, 0.25) is 0 Å². The van der Waals surface area contributed by atoms with Gasteiger partial charge in [0.05, 0.1) is 5.88 Å². The van der Waals surface area contributed by atoms with Gasteiger partial charge in [0.25, 0.3) is 0 Å². The van der Waals surface area contributed by atoms with Crippen molar-refractivity contribution in [2.75, 3.05) is 32.2 Å². The van der Waals surface area contributed by atoms with E-state index in [1.807, 2.05) is 6.08 Å². The fraction of sp³-hybridized carbons (Fsp3) is 0.636. The number of alkyl halides is 1. The lowest BCUT2D eigenvalue weighted by molar-refractivity contribution is -0.140. The van der Waals surface area contributed by atoms with Gasteiger partial charge in [-0.15, -0.1) is 11.6 Å². The lowest BCUT2D eigenvalue weighted by atomic mass is 10.1. The second-order valence-electron chi connectivity index (χ2n) is 3.66. The van der Waals surface area contributed by atoms with Gasteiger partial charge in [-0.3, -0.25) is 4.79 Å². The molecule has 96 valence electrons. The smallest absolute Gasteiger partial charge is 0.410 e. The first-order chi connectivity index (χ1) is 8.13. The molecule has 0 radical (unpaired) electrons. The number of carbonyl (C=O) groups excluding carboxylic acids is 2. The number of hydrogen-bond donors (Lipinski definition) is 0. The first-order valence-corrected chi connectivity index (χ1v) is 5.96. The Morgan fingerprint density at radius 2 is 2.24 bits per heavy atom. The number of amides is 1. The van der Waals surface area contributed by atoms with Gasteiger partial charge in [0.2, 0.25) is 0 Å². The van der Waals surface area contributed by atoms with Crippen LogP contribution in [0.3, 0.4) is 0 Å². The molecule has 0 aromatic rings. The van der Waals surface area contributed by atoms with Crippen LogP contribution in [0.1, 0.15) is 13.3 Å². The Balaban J connectivity index is 2.38. The van der Waals surface area contributed by atoms with E-state index in [1.54, 1.807) is 4.90 Å². The molecule has 0 aromatic heterocycles. The van der Waals surface area contributed by atoms with Gasteiger partial charge in [-0.05, 0) is 12.0 Å². The van der Waals surface area contributed by atoms with Crippen LogP contribution < -0.4 is 0 Å².